The number of rotatable bonds is 11. The molecule has 0 saturated heterocycles. The highest BCUT2D eigenvalue weighted by Gasteiger charge is 2.50. The Morgan fingerprint density at radius 2 is 1.67 bits per heavy atom. The molecule has 4 nitrogen and oxygen atoms in total. The van der Waals surface area contributed by atoms with Crippen LogP contribution in [0.15, 0.2) is 42.5 Å². The molecule has 212 valence electrons. The lowest BCUT2D eigenvalue weighted by atomic mass is 9.69. The zero-order valence-electron chi connectivity index (χ0n) is 25.3. The van der Waals surface area contributed by atoms with E-state index in [2.05, 4.69) is 34.6 Å². The molecule has 4 atom stereocenters. The van der Waals surface area contributed by atoms with Crippen molar-refractivity contribution in [1.82, 2.24) is 0 Å². The number of phenolic OH excluding ortho intramolecular Hbond substituents is 1. The van der Waals surface area contributed by atoms with Gasteiger partial charge in [-0.2, -0.15) is 0 Å². The van der Waals surface area contributed by atoms with Gasteiger partial charge in [0.25, 0.3) is 0 Å². The summed E-state index contributed by atoms with van der Waals surface area (Å²) in [5.74, 6) is -0.747. The molecule has 39 heavy (non-hydrogen) atoms. The summed E-state index contributed by atoms with van der Waals surface area (Å²) < 4.78 is 0. The lowest BCUT2D eigenvalue weighted by molar-refractivity contribution is -0.136. The van der Waals surface area contributed by atoms with Crippen molar-refractivity contribution in [3.8, 4) is 5.75 Å². The predicted molar refractivity (Wildman–Crippen MR) is 158 cm³/mol. The molecule has 0 radical (unpaired) electrons. The van der Waals surface area contributed by atoms with E-state index in [4.69, 9.17) is 0 Å². The number of phenols is 1. The first kappa shape index (κ1) is 30.8. The van der Waals surface area contributed by atoms with Crippen LogP contribution < -0.4 is 0 Å². The van der Waals surface area contributed by atoms with E-state index < -0.39 is 0 Å². The summed E-state index contributed by atoms with van der Waals surface area (Å²) in [5, 5.41) is 10.4. The fourth-order valence-corrected chi connectivity index (χ4v) is 6.41. The first-order chi connectivity index (χ1) is 18.1. The Morgan fingerprint density at radius 3 is 2.28 bits per heavy atom. The average molecular weight is 533 g/mol. The lowest BCUT2D eigenvalue weighted by Gasteiger charge is -2.32. The van der Waals surface area contributed by atoms with Crippen LogP contribution >= 0.6 is 0 Å². The summed E-state index contributed by atoms with van der Waals surface area (Å²) in [6.07, 6.45) is 3.70. The quantitative estimate of drug-likeness (QED) is 0.297. The first-order valence-corrected chi connectivity index (χ1v) is 14.5. The van der Waals surface area contributed by atoms with Crippen LogP contribution in [0, 0.1) is 48.3 Å². The van der Waals surface area contributed by atoms with E-state index in [1.165, 1.54) is 0 Å². The van der Waals surface area contributed by atoms with Gasteiger partial charge in [-0.25, -0.2) is 0 Å². The highest BCUT2D eigenvalue weighted by Crippen LogP contribution is 2.49. The molecule has 0 amide bonds. The summed E-state index contributed by atoms with van der Waals surface area (Å²) >= 11 is 0. The maximum Gasteiger partial charge on any atom is 0.163 e. The highest BCUT2D eigenvalue weighted by molar-refractivity contribution is 5.99. The van der Waals surface area contributed by atoms with Gasteiger partial charge < -0.3 is 5.11 Å². The number of benzene rings is 2. The van der Waals surface area contributed by atoms with Crippen molar-refractivity contribution in [2.45, 2.75) is 93.9 Å². The molecule has 4 unspecified atom stereocenters. The minimum Gasteiger partial charge on any atom is -0.507 e. The Bertz CT molecular complexity index is 1190. The Hall–Kier alpha value is -2.75. The van der Waals surface area contributed by atoms with E-state index >= 15 is 0 Å². The van der Waals surface area contributed by atoms with Crippen molar-refractivity contribution in [2.75, 3.05) is 0 Å². The molecule has 2 aromatic carbocycles. The van der Waals surface area contributed by atoms with Crippen LogP contribution in [0.1, 0.15) is 101 Å². The molecule has 1 saturated carbocycles. The van der Waals surface area contributed by atoms with Crippen LogP contribution in [0.2, 0.25) is 0 Å². The topological polar surface area (TPSA) is 71.4 Å². The van der Waals surface area contributed by atoms with Crippen molar-refractivity contribution in [3.63, 3.8) is 0 Å². The smallest absolute Gasteiger partial charge is 0.163 e. The van der Waals surface area contributed by atoms with Crippen LogP contribution in [0.3, 0.4) is 0 Å². The molecule has 2 aromatic rings. The molecule has 1 N–H and O–H groups in total. The standard InChI is InChI=1S/C35H48O4/c1-22-14-15-27(24(3)32(22)38)30(37)21-26(20-25-12-10-9-11-13-25)23(2)33(39)28-16-19-35(7,8)31(28)29(36)17-18-34(4,5)6/h9-15,23,26,28,31,38H,16-21H2,1-8H3. The van der Waals surface area contributed by atoms with Gasteiger partial charge in [0.15, 0.2) is 5.78 Å². The number of Topliss-reactive ketones (excluding diaryl/α,β-unsaturated/α-hetero) is 3. The van der Waals surface area contributed by atoms with Gasteiger partial charge in [-0.3, -0.25) is 14.4 Å². The van der Waals surface area contributed by atoms with Gasteiger partial charge in [0, 0.05) is 41.7 Å². The largest absolute Gasteiger partial charge is 0.507 e. The van der Waals surface area contributed by atoms with E-state index in [9.17, 15) is 19.5 Å². The highest BCUT2D eigenvalue weighted by atomic mass is 16.3. The van der Waals surface area contributed by atoms with E-state index in [0.717, 1.165) is 30.4 Å². The van der Waals surface area contributed by atoms with Gasteiger partial charge in [0.2, 0.25) is 0 Å². The number of hydrogen-bond acceptors (Lipinski definition) is 4. The monoisotopic (exact) mass is 532 g/mol. The van der Waals surface area contributed by atoms with Gasteiger partial charge in [-0.1, -0.05) is 84.0 Å². The van der Waals surface area contributed by atoms with E-state index in [1.54, 1.807) is 19.1 Å². The number of hydrogen-bond donors (Lipinski definition) is 1. The number of ketones is 3. The molecule has 4 heteroatoms. The molecule has 1 aliphatic carbocycles. The molecular weight excluding hydrogens is 484 g/mol. The zero-order valence-corrected chi connectivity index (χ0v) is 25.3. The van der Waals surface area contributed by atoms with Crippen LogP contribution in [0.25, 0.3) is 0 Å². The summed E-state index contributed by atoms with van der Waals surface area (Å²) in [4.78, 5) is 41.3. The minimum atomic E-state index is -0.370. The van der Waals surface area contributed by atoms with Crippen LogP contribution in [-0.4, -0.2) is 22.5 Å². The van der Waals surface area contributed by atoms with E-state index in [1.807, 2.05) is 44.2 Å². The average Bonchev–Trinajstić information content (AvgIpc) is 3.19. The van der Waals surface area contributed by atoms with Crippen molar-refractivity contribution < 1.29 is 19.5 Å². The maximum atomic E-state index is 14.2. The second kappa shape index (κ2) is 12.2. The first-order valence-electron chi connectivity index (χ1n) is 14.5. The van der Waals surface area contributed by atoms with Gasteiger partial charge in [-0.05, 0) is 67.4 Å². The molecule has 0 bridgehead atoms. The van der Waals surface area contributed by atoms with Crippen molar-refractivity contribution >= 4 is 17.3 Å². The number of aryl methyl sites for hydroxylation is 1. The third-order valence-corrected chi connectivity index (χ3v) is 9.06. The van der Waals surface area contributed by atoms with Gasteiger partial charge in [0.1, 0.15) is 17.3 Å². The summed E-state index contributed by atoms with van der Waals surface area (Å²) in [6, 6.07) is 13.5. The maximum absolute atomic E-state index is 14.2. The van der Waals surface area contributed by atoms with Gasteiger partial charge >= 0.3 is 0 Å². The SMILES string of the molecule is Cc1ccc(C(=O)CC(Cc2ccccc2)C(C)C(=O)C2CCC(C)(C)C2C(=O)CCC(C)(C)C)c(C)c1O. The molecule has 3 rings (SSSR count). The minimum absolute atomic E-state index is 0.0621. The Kier molecular flexibility index (Phi) is 9.62. The third kappa shape index (κ3) is 7.47. The van der Waals surface area contributed by atoms with Crippen LogP contribution in [0.4, 0.5) is 0 Å². The Morgan fingerprint density at radius 1 is 1.03 bits per heavy atom. The Balaban J connectivity index is 1.88. The fourth-order valence-electron chi connectivity index (χ4n) is 6.41. The van der Waals surface area contributed by atoms with Crippen LogP contribution in [-0.2, 0) is 16.0 Å². The van der Waals surface area contributed by atoms with E-state index in [0.29, 0.717) is 24.0 Å². The third-order valence-electron chi connectivity index (χ3n) is 9.06. The Labute approximate surface area is 235 Å². The molecule has 0 heterocycles. The van der Waals surface area contributed by atoms with E-state index in [-0.39, 0.29) is 64.0 Å². The van der Waals surface area contributed by atoms with Crippen LogP contribution in [0.5, 0.6) is 5.75 Å². The molecule has 0 aliphatic heterocycles. The van der Waals surface area contributed by atoms with Crippen molar-refractivity contribution in [3.05, 3.63) is 64.7 Å². The van der Waals surface area contributed by atoms with Gasteiger partial charge in [-0.15, -0.1) is 0 Å². The number of aromatic hydroxyl groups is 1. The summed E-state index contributed by atoms with van der Waals surface area (Å²) in [6.45, 7) is 16.2. The summed E-state index contributed by atoms with van der Waals surface area (Å²) in [5.41, 5.74) is 2.76. The number of carbonyl (C=O) groups is 3. The predicted octanol–water partition coefficient (Wildman–Crippen LogP) is 8.09. The fraction of sp³-hybridized carbons (Fsp3) is 0.571. The molecule has 1 fully saturated rings. The number of carbonyl (C=O) groups excluding carboxylic acids is 3. The van der Waals surface area contributed by atoms with Crippen molar-refractivity contribution in [1.29, 1.82) is 0 Å². The molecule has 1 aliphatic rings. The summed E-state index contributed by atoms with van der Waals surface area (Å²) in [7, 11) is 0. The molecule has 0 aromatic heterocycles. The van der Waals surface area contributed by atoms with Gasteiger partial charge in [0.05, 0.1) is 0 Å². The second-order valence-corrected chi connectivity index (χ2v) is 13.8. The zero-order chi connectivity index (χ0) is 29.1. The normalized spacial score (nSPS) is 20.4. The lowest BCUT2D eigenvalue weighted by Crippen LogP contribution is -2.38. The van der Waals surface area contributed by atoms with Crippen molar-refractivity contribution in [2.24, 2.45) is 34.5 Å². The molecular formula is C35H48O4. The molecule has 0 spiro atoms. The second-order valence-electron chi connectivity index (χ2n) is 13.8.